The molecule has 0 aromatic carbocycles. The van der Waals surface area contributed by atoms with Crippen molar-refractivity contribution in [1.29, 1.82) is 0 Å². The van der Waals surface area contributed by atoms with Gasteiger partial charge in [0.1, 0.15) is 0 Å². The topological polar surface area (TPSA) is 29.9 Å². The molecule has 1 aromatic rings. The molecule has 1 aromatic heterocycles. The second-order valence-electron chi connectivity index (χ2n) is 6.30. The summed E-state index contributed by atoms with van der Waals surface area (Å²) < 4.78 is 3.26. The van der Waals surface area contributed by atoms with Crippen LogP contribution in [0.2, 0.25) is 0 Å². The van der Waals surface area contributed by atoms with Crippen LogP contribution in [0.4, 0.5) is 0 Å². The SMILES string of the molecule is CCn1ncc(Br)c1C(NC)C1CCCCC1(C)C. The second kappa shape index (κ2) is 5.96. The molecule has 2 unspecified atom stereocenters. The number of aromatic nitrogens is 2. The molecule has 19 heavy (non-hydrogen) atoms. The molecule has 1 fully saturated rings. The Morgan fingerprint density at radius 1 is 1.53 bits per heavy atom. The zero-order valence-electron chi connectivity index (χ0n) is 12.5. The van der Waals surface area contributed by atoms with Crippen molar-refractivity contribution < 1.29 is 0 Å². The molecule has 0 bridgehead atoms. The number of halogens is 1. The van der Waals surface area contributed by atoms with Crippen molar-refractivity contribution >= 4 is 15.9 Å². The number of aryl methyl sites for hydroxylation is 1. The van der Waals surface area contributed by atoms with Crippen molar-refractivity contribution in [2.24, 2.45) is 11.3 Å². The molecule has 108 valence electrons. The van der Waals surface area contributed by atoms with E-state index in [2.05, 4.69) is 58.8 Å². The van der Waals surface area contributed by atoms with E-state index in [1.165, 1.54) is 31.4 Å². The molecule has 0 saturated heterocycles. The highest BCUT2D eigenvalue weighted by Crippen LogP contribution is 2.47. The molecule has 1 N–H and O–H groups in total. The van der Waals surface area contributed by atoms with Gasteiger partial charge in [0.05, 0.1) is 22.4 Å². The Labute approximate surface area is 125 Å². The molecule has 3 nitrogen and oxygen atoms in total. The fraction of sp³-hybridized carbons (Fsp3) is 0.800. The first kappa shape index (κ1) is 15.0. The first-order chi connectivity index (χ1) is 9.01. The minimum Gasteiger partial charge on any atom is -0.311 e. The molecule has 2 atom stereocenters. The molecule has 0 spiro atoms. The summed E-state index contributed by atoms with van der Waals surface area (Å²) in [6.45, 7) is 7.91. The summed E-state index contributed by atoms with van der Waals surface area (Å²) in [4.78, 5) is 0. The van der Waals surface area contributed by atoms with E-state index in [1.807, 2.05) is 6.20 Å². The molecule has 4 heteroatoms. The summed E-state index contributed by atoms with van der Waals surface area (Å²) in [5, 5.41) is 8.03. The largest absolute Gasteiger partial charge is 0.311 e. The molecule has 2 rings (SSSR count). The predicted octanol–water partition coefficient (Wildman–Crippen LogP) is 4.14. The fourth-order valence-corrected chi connectivity index (χ4v) is 4.14. The minimum atomic E-state index is 0.382. The highest BCUT2D eigenvalue weighted by Gasteiger charge is 2.39. The van der Waals surface area contributed by atoms with Gasteiger partial charge in [-0.1, -0.05) is 26.7 Å². The van der Waals surface area contributed by atoms with Gasteiger partial charge >= 0.3 is 0 Å². The van der Waals surface area contributed by atoms with Crippen LogP contribution in [0.1, 0.15) is 58.2 Å². The zero-order valence-corrected chi connectivity index (χ0v) is 14.1. The lowest BCUT2D eigenvalue weighted by atomic mass is 9.65. The molecule has 0 radical (unpaired) electrons. The molecular weight excluding hydrogens is 302 g/mol. The summed E-state index contributed by atoms with van der Waals surface area (Å²) in [6.07, 6.45) is 7.28. The first-order valence-electron chi connectivity index (χ1n) is 7.39. The number of rotatable bonds is 4. The van der Waals surface area contributed by atoms with Crippen molar-refractivity contribution in [1.82, 2.24) is 15.1 Å². The minimum absolute atomic E-state index is 0.382. The van der Waals surface area contributed by atoms with Crippen molar-refractivity contribution in [3.63, 3.8) is 0 Å². The van der Waals surface area contributed by atoms with Crippen molar-refractivity contribution in [2.45, 2.75) is 59.0 Å². The van der Waals surface area contributed by atoms with Gasteiger partial charge in [-0.3, -0.25) is 4.68 Å². The van der Waals surface area contributed by atoms with Gasteiger partial charge in [0.2, 0.25) is 0 Å². The van der Waals surface area contributed by atoms with Crippen LogP contribution in [-0.2, 0) is 6.54 Å². The van der Waals surface area contributed by atoms with Crippen LogP contribution in [0.3, 0.4) is 0 Å². The Morgan fingerprint density at radius 2 is 2.26 bits per heavy atom. The van der Waals surface area contributed by atoms with Crippen LogP contribution in [0.25, 0.3) is 0 Å². The van der Waals surface area contributed by atoms with Crippen molar-refractivity contribution in [3.05, 3.63) is 16.4 Å². The lowest BCUT2D eigenvalue weighted by Crippen LogP contribution is -2.39. The third kappa shape index (κ3) is 2.89. The molecular formula is C15H26BrN3. The molecule has 1 saturated carbocycles. The first-order valence-corrected chi connectivity index (χ1v) is 8.19. The van der Waals surface area contributed by atoms with Gasteiger partial charge < -0.3 is 5.32 Å². The highest BCUT2D eigenvalue weighted by molar-refractivity contribution is 9.10. The van der Waals surface area contributed by atoms with Gasteiger partial charge in [-0.15, -0.1) is 0 Å². The van der Waals surface area contributed by atoms with Crippen LogP contribution in [-0.4, -0.2) is 16.8 Å². The van der Waals surface area contributed by atoms with E-state index in [-0.39, 0.29) is 0 Å². The summed E-state index contributed by atoms with van der Waals surface area (Å²) >= 11 is 3.68. The van der Waals surface area contributed by atoms with E-state index >= 15 is 0 Å². The summed E-state index contributed by atoms with van der Waals surface area (Å²) in [5.41, 5.74) is 1.71. The number of nitrogens with zero attached hydrogens (tertiary/aromatic N) is 2. The Bertz CT molecular complexity index is 425. The summed E-state index contributed by atoms with van der Waals surface area (Å²) in [6, 6.07) is 0.382. The number of hydrogen-bond donors (Lipinski definition) is 1. The number of hydrogen-bond acceptors (Lipinski definition) is 2. The van der Waals surface area contributed by atoms with Crippen molar-refractivity contribution in [3.8, 4) is 0 Å². The van der Waals surface area contributed by atoms with Gasteiger partial charge in [0, 0.05) is 6.54 Å². The highest BCUT2D eigenvalue weighted by atomic mass is 79.9. The van der Waals surface area contributed by atoms with E-state index < -0.39 is 0 Å². The van der Waals surface area contributed by atoms with Gasteiger partial charge in [-0.05, 0) is 54.1 Å². The summed E-state index contributed by atoms with van der Waals surface area (Å²) in [7, 11) is 2.08. The Balaban J connectivity index is 2.35. The van der Waals surface area contributed by atoms with Crippen LogP contribution in [0, 0.1) is 11.3 Å². The maximum Gasteiger partial charge on any atom is 0.0698 e. The average molecular weight is 328 g/mol. The van der Waals surface area contributed by atoms with E-state index in [1.54, 1.807) is 0 Å². The molecule has 1 heterocycles. The van der Waals surface area contributed by atoms with Gasteiger partial charge in [0.25, 0.3) is 0 Å². The Hall–Kier alpha value is -0.350. The monoisotopic (exact) mass is 327 g/mol. The van der Waals surface area contributed by atoms with Gasteiger partial charge in [0.15, 0.2) is 0 Å². The molecule has 0 aliphatic heterocycles. The third-order valence-electron chi connectivity index (χ3n) is 4.73. The Morgan fingerprint density at radius 3 is 2.84 bits per heavy atom. The molecule has 0 amide bonds. The van der Waals surface area contributed by atoms with Crippen LogP contribution in [0.5, 0.6) is 0 Å². The predicted molar refractivity (Wildman–Crippen MR) is 83.1 cm³/mol. The second-order valence-corrected chi connectivity index (χ2v) is 7.16. The fourth-order valence-electron chi connectivity index (χ4n) is 3.60. The lowest BCUT2D eigenvalue weighted by molar-refractivity contribution is 0.0976. The van der Waals surface area contributed by atoms with Crippen LogP contribution in [0.15, 0.2) is 10.7 Å². The van der Waals surface area contributed by atoms with Gasteiger partial charge in [-0.25, -0.2) is 0 Å². The maximum atomic E-state index is 4.48. The Kier molecular flexibility index (Phi) is 4.72. The van der Waals surface area contributed by atoms with E-state index in [0.717, 1.165) is 11.0 Å². The summed E-state index contributed by atoms with van der Waals surface area (Å²) in [5.74, 6) is 0.671. The zero-order chi connectivity index (χ0) is 14.0. The number of nitrogens with one attached hydrogen (secondary N) is 1. The van der Waals surface area contributed by atoms with Crippen molar-refractivity contribution in [2.75, 3.05) is 7.05 Å². The average Bonchev–Trinajstić information content (AvgIpc) is 2.74. The molecule has 1 aliphatic rings. The van der Waals surface area contributed by atoms with Gasteiger partial charge in [-0.2, -0.15) is 5.10 Å². The molecule has 1 aliphatic carbocycles. The van der Waals surface area contributed by atoms with E-state index in [0.29, 0.717) is 17.4 Å². The normalized spacial score (nSPS) is 24.4. The maximum absolute atomic E-state index is 4.48. The smallest absolute Gasteiger partial charge is 0.0698 e. The van der Waals surface area contributed by atoms with Crippen LogP contribution < -0.4 is 5.32 Å². The van der Waals surface area contributed by atoms with Crippen LogP contribution >= 0.6 is 15.9 Å². The lowest BCUT2D eigenvalue weighted by Gasteiger charge is -2.43. The van der Waals surface area contributed by atoms with E-state index in [4.69, 9.17) is 0 Å². The quantitative estimate of drug-likeness (QED) is 0.900. The third-order valence-corrected chi connectivity index (χ3v) is 5.34. The standard InChI is InChI=1S/C15H26BrN3/c1-5-19-14(12(16)10-18-19)13(17-4)11-8-6-7-9-15(11,2)3/h10-11,13,17H,5-9H2,1-4H3. The van der Waals surface area contributed by atoms with E-state index in [9.17, 15) is 0 Å².